The first-order chi connectivity index (χ1) is 13.3. The van der Waals surface area contributed by atoms with Gasteiger partial charge in [-0.25, -0.2) is 0 Å². The Bertz CT molecular complexity index is 322. The Morgan fingerprint density at radius 2 is 1.30 bits per heavy atom. The van der Waals surface area contributed by atoms with Gasteiger partial charge in [0.2, 0.25) is 0 Å². The van der Waals surface area contributed by atoms with Crippen molar-refractivity contribution < 1.29 is 4.74 Å². The normalized spacial score (nSPS) is 17.0. The molecule has 0 aromatic carbocycles. The van der Waals surface area contributed by atoms with Crippen molar-refractivity contribution >= 4 is 0 Å². The maximum atomic E-state index is 6.07. The van der Waals surface area contributed by atoms with Crippen LogP contribution < -0.4 is 5.32 Å². The Morgan fingerprint density at radius 3 is 1.89 bits per heavy atom. The fourth-order valence-corrected chi connectivity index (χ4v) is 4.07. The third-order valence-corrected chi connectivity index (χ3v) is 6.08. The van der Waals surface area contributed by atoms with Crippen molar-refractivity contribution in [1.29, 1.82) is 0 Å². The van der Waals surface area contributed by atoms with E-state index in [-0.39, 0.29) is 0 Å². The van der Waals surface area contributed by atoms with E-state index in [2.05, 4.69) is 31.3 Å². The molecule has 1 N–H and O–H groups in total. The van der Waals surface area contributed by atoms with Gasteiger partial charge in [-0.05, 0) is 70.9 Å². The summed E-state index contributed by atoms with van der Waals surface area (Å²) in [6, 6.07) is 0. The molecule has 2 heteroatoms. The van der Waals surface area contributed by atoms with E-state index in [1.807, 2.05) is 0 Å². The van der Waals surface area contributed by atoms with Crippen LogP contribution in [0.2, 0.25) is 0 Å². The van der Waals surface area contributed by atoms with Crippen molar-refractivity contribution in [3.63, 3.8) is 0 Å². The first kappa shape index (κ1) is 24.7. The third-order valence-electron chi connectivity index (χ3n) is 6.08. The number of unbranched alkanes of at least 4 members (excludes halogenated alkanes) is 12. The molecule has 1 aliphatic heterocycles. The zero-order valence-corrected chi connectivity index (χ0v) is 18.7. The van der Waals surface area contributed by atoms with E-state index >= 15 is 0 Å². The molecule has 2 nitrogen and oxygen atoms in total. The summed E-state index contributed by atoms with van der Waals surface area (Å²) < 4.78 is 6.07. The van der Waals surface area contributed by atoms with Crippen molar-refractivity contribution in [3.8, 4) is 0 Å². The average Bonchev–Trinajstić information content (AvgIpc) is 2.70. The van der Waals surface area contributed by atoms with Crippen LogP contribution in [0.5, 0.6) is 0 Å². The minimum Gasteiger partial charge on any atom is -0.378 e. The Hall–Kier alpha value is -0.340. The van der Waals surface area contributed by atoms with Crippen molar-refractivity contribution in [2.24, 2.45) is 5.92 Å². The van der Waals surface area contributed by atoms with Crippen molar-refractivity contribution in [1.82, 2.24) is 5.32 Å². The molecule has 0 amide bonds. The largest absolute Gasteiger partial charge is 0.378 e. The van der Waals surface area contributed by atoms with Gasteiger partial charge in [0.25, 0.3) is 0 Å². The fraction of sp³-hybridized carbons (Fsp3) is 0.920. The maximum Gasteiger partial charge on any atom is 0.0576 e. The number of nitrogens with one attached hydrogen (secondary N) is 1. The highest BCUT2D eigenvalue weighted by Crippen LogP contribution is 2.19. The molecule has 1 unspecified atom stereocenters. The van der Waals surface area contributed by atoms with E-state index in [9.17, 15) is 0 Å². The van der Waals surface area contributed by atoms with E-state index in [1.54, 1.807) is 0 Å². The lowest BCUT2D eigenvalue weighted by Gasteiger charge is -2.28. The highest BCUT2D eigenvalue weighted by atomic mass is 16.5. The summed E-state index contributed by atoms with van der Waals surface area (Å²) in [5.41, 5.74) is 0. The van der Waals surface area contributed by atoms with Gasteiger partial charge >= 0.3 is 0 Å². The SMILES string of the molecule is CCCCCC=CCCCCCCCCCCCOC(C)C1CCNCC1. The molecular formula is C25H49NO. The molecule has 1 heterocycles. The van der Waals surface area contributed by atoms with Crippen molar-refractivity contribution in [2.45, 2.75) is 123 Å². The molecule has 1 aliphatic rings. The fourth-order valence-electron chi connectivity index (χ4n) is 4.07. The number of piperidine rings is 1. The molecule has 1 atom stereocenters. The van der Waals surface area contributed by atoms with Crippen LogP contribution in [0, 0.1) is 5.92 Å². The summed E-state index contributed by atoms with van der Waals surface area (Å²) in [5.74, 6) is 0.780. The van der Waals surface area contributed by atoms with Gasteiger partial charge in [-0.1, -0.05) is 76.9 Å². The lowest BCUT2D eigenvalue weighted by atomic mass is 9.93. The van der Waals surface area contributed by atoms with Crippen molar-refractivity contribution in [2.75, 3.05) is 19.7 Å². The van der Waals surface area contributed by atoms with Crippen LogP contribution in [0.3, 0.4) is 0 Å². The smallest absolute Gasteiger partial charge is 0.0576 e. The second kappa shape index (κ2) is 19.0. The molecule has 0 aromatic heterocycles. The molecule has 1 rings (SSSR count). The molecule has 27 heavy (non-hydrogen) atoms. The monoisotopic (exact) mass is 379 g/mol. The van der Waals surface area contributed by atoms with Gasteiger partial charge in [-0.2, -0.15) is 0 Å². The zero-order chi connectivity index (χ0) is 19.4. The van der Waals surface area contributed by atoms with Gasteiger partial charge in [0.05, 0.1) is 6.10 Å². The molecular weight excluding hydrogens is 330 g/mol. The highest BCUT2D eigenvalue weighted by molar-refractivity contribution is 4.81. The number of hydrogen-bond acceptors (Lipinski definition) is 2. The van der Waals surface area contributed by atoms with E-state index in [0.717, 1.165) is 12.5 Å². The Kier molecular flexibility index (Phi) is 17.4. The number of hydrogen-bond donors (Lipinski definition) is 1. The molecule has 0 aliphatic carbocycles. The van der Waals surface area contributed by atoms with Gasteiger partial charge in [0, 0.05) is 6.61 Å². The molecule has 0 bridgehead atoms. The summed E-state index contributed by atoms with van der Waals surface area (Å²) in [7, 11) is 0. The topological polar surface area (TPSA) is 21.3 Å². The van der Waals surface area contributed by atoms with Gasteiger partial charge in [0.15, 0.2) is 0 Å². The summed E-state index contributed by atoms with van der Waals surface area (Å²) in [5, 5.41) is 3.44. The van der Waals surface area contributed by atoms with E-state index in [1.165, 1.54) is 116 Å². The Balaban J connectivity index is 1.74. The second-order valence-electron chi connectivity index (χ2n) is 8.60. The summed E-state index contributed by atoms with van der Waals surface area (Å²) in [6.07, 6.45) is 27.0. The molecule has 0 spiro atoms. The quantitative estimate of drug-likeness (QED) is 0.197. The highest BCUT2D eigenvalue weighted by Gasteiger charge is 2.19. The summed E-state index contributed by atoms with van der Waals surface area (Å²) >= 11 is 0. The third kappa shape index (κ3) is 15.3. The molecule has 0 saturated carbocycles. The minimum absolute atomic E-state index is 0.457. The standard InChI is InChI=1S/C25H49NO/c1-3-4-5-6-7-8-9-10-11-12-13-14-15-16-17-18-23-27-24(2)25-19-21-26-22-20-25/h7-8,24-26H,3-6,9-23H2,1-2H3. The number of rotatable bonds is 18. The minimum atomic E-state index is 0.457. The van der Waals surface area contributed by atoms with Crippen LogP contribution in [-0.2, 0) is 4.74 Å². The number of allylic oxidation sites excluding steroid dienone is 2. The van der Waals surface area contributed by atoms with E-state index in [0.29, 0.717) is 6.10 Å². The average molecular weight is 380 g/mol. The van der Waals surface area contributed by atoms with Gasteiger partial charge < -0.3 is 10.1 Å². The first-order valence-electron chi connectivity index (χ1n) is 12.3. The second-order valence-corrected chi connectivity index (χ2v) is 8.60. The van der Waals surface area contributed by atoms with Gasteiger partial charge in [0.1, 0.15) is 0 Å². The van der Waals surface area contributed by atoms with E-state index < -0.39 is 0 Å². The van der Waals surface area contributed by atoms with Crippen LogP contribution in [-0.4, -0.2) is 25.8 Å². The summed E-state index contributed by atoms with van der Waals surface area (Å²) in [6.45, 7) is 7.87. The van der Waals surface area contributed by atoms with Crippen LogP contribution in [0.15, 0.2) is 12.2 Å². The van der Waals surface area contributed by atoms with Crippen LogP contribution in [0.1, 0.15) is 117 Å². The van der Waals surface area contributed by atoms with Gasteiger partial charge in [-0.15, -0.1) is 0 Å². The predicted octanol–water partition coefficient (Wildman–Crippen LogP) is 7.43. The zero-order valence-electron chi connectivity index (χ0n) is 18.7. The molecule has 1 saturated heterocycles. The van der Waals surface area contributed by atoms with Crippen LogP contribution in [0.4, 0.5) is 0 Å². The van der Waals surface area contributed by atoms with Gasteiger partial charge in [-0.3, -0.25) is 0 Å². The lowest BCUT2D eigenvalue weighted by Crippen LogP contribution is -2.34. The Morgan fingerprint density at radius 1 is 0.778 bits per heavy atom. The molecule has 0 aromatic rings. The molecule has 1 fully saturated rings. The maximum absolute atomic E-state index is 6.07. The Labute approximate surface area is 170 Å². The van der Waals surface area contributed by atoms with Crippen LogP contribution in [0.25, 0.3) is 0 Å². The first-order valence-corrected chi connectivity index (χ1v) is 12.3. The lowest BCUT2D eigenvalue weighted by molar-refractivity contribution is 0.0132. The summed E-state index contributed by atoms with van der Waals surface area (Å²) in [4.78, 5) is 0. The molecule has 160 valence electrons. The van der Waals surface area contributed by atoms with Crippen LogP contribution >= 0.6 is 0 Å². The van der Waals surface area contributed by atoms with E-state index in [4.69, 9.17) is 4.74 Å². The predicted molar refractivity (Wildman–Crippen MR) is 120 cm³/mol. The number of ether oxygens (including phenoxy) is 1. The van der Waals surface area contributed by atoms with Crippen molar-refractivity contribution in [3.05, 3.63) is 12.2 Å². The molecule has 0 radical (unpaired) electrons.